The molecule has 0 bridgehead atoms. The minimum absolute atomic E-state index is 0.0437. The second kappa shape index (κ2) is 6.52. The Morgan fingerprint density at radius 1 is 0.769 bits per heavy atom. The molecule has 2 N–H and O–H groups in total. The molecule has 0 aromatic heterocycles. The molecule has 0 radical (unpaired) electrons. The fourth-order valence-corrected chi connectivity index (χ4v) is 3.51. The third-order valence-electron chi connectivity index (χ3n) is 4.77. The number of phenols is 2. The van der Waals surface area contributed by atoms with E-state index in [1.165, 1.54) is 12.1 Å². The van der Waals surface area contributed by atoms with Crippen LogP contribution in [0.15, 0.2) is 78.4 Å². The van der Waals surface area contributed by atoms with Gasteiger partial charge in [0.1, 0.15) is 11.5 Å². The van der Waals surface area contributed by atoms with Gasteiger partial charge in [-0.25, -0.2) is 0 Å². The number of aryl methyl sites for hydroxylation is 1. The number of rotatable bonds is 3. The average molecular weight is 342 g/mol. The van der Waals surface area contributed by atoms with Crippen molar-refractivity contribution >= 4 is 11.4 Å². The Hall–Kier alpha value is -3.33. The smallest absolute Gasteiger partial charge is 0.189 e. The molecule has 3 heteroatoms. The summed E-state index contributed by atoms with van der Waals surface area (Å²) in [6.07, 6.45) is 1.40. The van der Waals surface area contributed by atoms with Crippen LogP contribution in [0.25, 0.3) is 5.57 Å². The van der Waals surface area contributed by atoms with Crippen LogP contribution in [0.5, 0.6) is 11.5 Å². The number of phenolic OH excluding ortho intramolecular Hbond substituents is 2. The van der Waals surface area contributed by atoms with E-state index in [4.69, 9.17) is 0 Å². The SMILES string of the molecule is O=C(C1=C(c2ccccc2)c2cc(O)ccc2CC1)c1ccc(O)cc1. The van der Waals surface area contributed by atoms with Crippen molar-refractivity contribution in [2.24, 2.45) is 0 Å². The van der Waals surface area contributed by atoms with Crippen molar-refractivity contribution in [2.45, 2.75) is 12.8 Å². The number of carbonyl (C=O) groups excluding carboxylic acids is 1. The second-order valence-electron chi connectivity index (χ2n) is 6.44. The zero-order chi connectivity index (χ0) is 18.1. The van der Waals surface area contributed by atoms with Crippen LogP contribution in [-0.2, 0) is 6.42 Å². The number of carbonyl (C=O) groups is 1. The first-order chi connectivity index (χ1) is 12.6. The molecule has 0 saturated carbocycles. The molecule has 26 heavy (non-hydrogen) atoms. The molecule has 4 rings (SSSR count). The van der Waals surface area contributed by atoms with Gasteiger partial charge in [0, 0.05) is 11.1 Å². The molecule has 0 saturated heterocycles. The normalized spacial score (nSPS) is 13.4. The highest BCUT2D eigenvalue weighted by atomic mass is 16.3. The Balaban J connectivity index is 1.93. The summed E-state index contributed by atoms with van der Waals surface area (Å²) in [7, 11) is 0. The molecule has 1 aliphatic carbocycles. The van der Waals surface area contributed by atoms with Crippen molar-refractivity contribution < 1.29 is 15.0 Å². The monoisotopic (exact) mass is 342 g/mol. The highest BCUT2D eigenvalue weighted by molar-refractivity contribution is 6.15. The van der Waals surface area contributed by atoms with Gasteiger partial charge >= 0.3 is 0 Å². The molecule has 0 unspecified atom stereocenters. The standard InChI is InChI=1S/C23H18O3/c24-18-10-7-17(8-11-18)23(26)20-13-9-15-6-12-19(25)14-21(15)22(20)16-4-2-1-3-5-16/h1-8,10-12,14,24-25H,9,13H2. The number of hydrogen-bond acceptors (Lipinski definition) is 3. The van der Waals surface area contributed by atoms with E-state index in [0.29, 0.717) is 12.0 Å². The molecule has 0 aliphatic heterocycles. The number of fused-ring (bicyclic) bond motifs is 1. The lowest BCUT2D eigenvalue weighted by molar-refractivity contribution is 0.103. The lowest BCUT2D eigenvalue weighted by Gasteiger charge is -2.23. The van der Waals surface area contributed by atoms with Crippen LogP contribution in [0, 0.1) is 0 Å². The molecule has 128 valence electrons. The largest absolute Gasteiger partial charge is 0.508 e. The number of ketones is 1. The molecule has 3 nitrogen and oxygen atoms in total. The third kappa shape index (κ3) is 2.88. The number of hydrogen-bond donors (Lipinski definition) is 2. The van der Waals surface area contributed by atoms with Crippen molar-refractivity contribution in [2.75, 3.05) is 0 Å². The topological polar surface area (TPSA) is 57.5 Å². The summed E-state index contributed by atoms with van der Waals surface area (Å²) >= 11 is 0. The number of allylic oxidation sites excluding steroid dienone is 1. The van der Waals surface area contributed by atoms with E-state index in [9.17, 15) is 15.0 Å². The Morgan fingerprint density at radius 3 is 2.19 bits per heavy atom. The van der Waals surface area contributed by atoms with Crippen molar-refractivity contribution in [3.8, 4) is 11.5 Å². The molecule has 3 aromatic rings. The highest BCUT2D eigenvalue weighted by Gasteiger charge is 2.25. The zero-order valence-corrected chi connectivity index (χ0v) is 14.1. The number of aromatic hydroxyl groups is 2. The van der Waals surface area contributed by atoms with Gasteiger partial charge in [-0.1, -0.05) is 36.4 Å². The van der Waals surface area contributed by atoms with Crippen molar-refractivity contribution in [3.05, 3.63) is 101 Å². The number of Topliss-reactive ketones (excluding diaryl/α,β-unsaturated/α-hetero) is 1. The maximum absolute atomic E-state index is 13.2. The molecular weight excluding hydrogens is 324 g/mol. The van der Waals surface area contributed by atoms with E-state index in [2.05, 4.69) is 0 Å². The highest BCUT2D eigenvalue weighted by Crippen LogP contribution is 2.39. The Bertz CT molecular complexity index is 999. The molecule has 0 amide bonds. The van der Waals surface area contributed by atoms with Crippen molar-refractivity contribution in [3.63, 3.8) is 0 Å². The Kier molecular flexibility index (Phi) is 4.05. The summed E-state index contributed by atoms with van der Waals surface area (Å²) < 4.78 is 0. The van der Waals surface area contributed by atoms with Gasteiger partial charge in [-0.2, -0.15) is 0 Å². The van der Waals surface area contributed by atoms with Gasteiger partial charge in [0.05, 0.1) is 0 Å². The molecule has 1 aliphatic rings. The first-order valence-corrected chi connectivity index (χ1v) is 8.58. The molecule has 0 spiro atoms. The van der Waals surface area contributed by atoms with E-state index >= 15 is 0 Å². The van der Waals surface area contributed by atoms with E-state index in [0.717, 1.165) is 34.3 Å². The third-order valence-corrected chi connectivity index (χ3v) is 4.77. The molecule has 0 atom stereocenters. The van der Waals surface area contributed by atoms with Crippen LogP contribution < -0.4 is 0 Å². The summed E-state index contributed by atoms with van der Waals surface area (Å²) in [5.74, 6) is 0.283. The van der Waals surface area contributed by atoms with Crippen LogP contribution in [-0.4, -0.2) is 16.0 Å². The lowest BCUT2D eigenvalue weighted by atomic mass is 9.79. The predicted octanol–water partition coefficient (Wildman–Crippen LogP) is 4.73. The fraction of sp³-hybridized carbons (Fsp3) is 0.0870. The Morgan fingerprint density at radius 2 is 1.46 bits per heavy atom. The maximum Gasteiger partial charge on any atom is 0.189 e. The van der Waals surface area contributed by atoms with Crippen LogP contribution >= 0.6 is 0 Å². The van der Waals surface area contributed by atoms with Gasteiger partial charge < -0.3 is 10.2 Å². The van der Waals surface area contributed by atoms with Gasteiger partial charge in [0.2, 0.25) is 0 Å². The van der Waals surface area contributed by atoms with Gasteiger partial charge in [0.15, 0.2) is 5.78 Å². The van der Waals surface area contributed by atoms with E-state index in [1.807, 2.05) is 36.4 Å². The second-order valence-corrected chi connectivity index (χ2v) is 6.44. The van der Waals surface area contributed by atoms with Gasteiger partial charge in [-0.05, 0) is 71.5 Å². The minimum Gasteiger partial charge on any atom is -0.508 e. The van der Waals surface area contributed by atoms with Gasteiger partial charge in [0.25, 0.3) is 0 Å². The molecule has 3 aromatic carbocycles. The summed E-state index contributed by atoms with van der Waals surface area (Å²) in [6, 6.07) is 21.5. The van der Waals surface area contributed by atoms with Crippen LogP contribution in [0.4, 0.5) is 0 Å². The van der Waals surface area contributed by atoms with E-state index in [1.54, 1.807) is 24.3 Å². The van der Waals surface area contributed by atoms with Gasteiger partial charge in [-0.3, -0.25) is 4.79 Å². The fourth-order valence-electron chi connectivity index (χ4n) is 3.51. The summed E-state index contributed by atoms with van der Waals surface area (Å²) in [4.78, 5) is 13.2. The van der Waals surface area contributed by atoms with Crippen LogP contribution in [0.2, 0.25) is 0 Å². The predicted molar refractivity (Wildman–Crippen MR) is 101 cm³/mol. The van der Waals surface area contributed by atoms with Crippen LogP contribution in [0.1, 0.15) is 33.5 Å². The van der Waals surface area contributed by atoms with Crippen molar-refractivity contribution in [1.29, 1.82) is 0 Å². The number of benzene rings is 3. The summed E-state index contributed by atoms with van der Waals surface area (Å²) in [5, 5.41) is 19.5. The zero-order valence-electron chi connectivity index (χ0n) is 14.1. The van der Waals surface area contributed by atoms with Crippen molar-refractivity contribution in [1.82, 2.24) is 0 Å². The maximum atomic E-state index is 13.2. The van der Waals surface area contributed by atoms with Gasteiger partial charge in [-0.15, -0.1) is 0 Å². The minimum atomic E-state index is -0.0437. The summed E-state index contributed by atoms with van der Waals surface area (Å²) in [5.41, 5.74) is 5.16. The molecular formula is C23H18O3. The Labute approximate surface area is 151 Å². The van der Waals surface area contributed by atoms with E-state index < -0.39 is 0 Å². The van der Waals surface area contributed by atoms with Crippen LogP contribution in [0.3, 0.4) is 0 Å². The molecule has 0 heterocycles. The average Bonchev–Trinajstić information content (AvgIpc) is 2.67. The first kappa shape index (κ1) is 16.2. The quantitative estimate of drug-likeness (QED) is 0.677. The first-order valence-electron chi connectivity index (χ1n) is 8.58. The van der Waals surface area contributed by atoms with E-state index in [-0.39, 0.29) is 17.3 Å². The summed E-state index contributed by atoms with van der Waals surface area (Å²) in [6.45, 7) is 0. The lowest BCUT2D eigenvalue weighted by Crippen LogP contribution is -2.13. The molecule has 0 fully saturated rings.